The van der Waals surface area contributed by atoms with Crippen LogP contribution in [-0.2, 0) is 4.74 Å². The van der Waals surface area contributed by atoms with Crippen LogP contribution < -0.4 is 16.0 Å². The molecule has 1 unspecified atom stereocenters. The highest BCUT2D eigenvalue weighted by atomic mass is 16.6. The van der Waals surface area contributed by atoms with E-state index in [2.05, 4.69) is 48.5 Å². The molecule has 1 aliphatic rings. The number of alkyl carbamates (subject to hydrolysis) is 1. The summed E-state index contributed by atoms with van der Waals surface area (Å²) in [5, 5.41) is 9.87. The van der Waals surface area contributed by atoms with Crippen molar-refractivity contribution in [3.8, 4) is 0 Å². The molecule has 1 fully saturated rings. The molecule has 1 rings (SSSR count). The zero-order valence-corrected chi connectivity index (χ0v) is 19.1. The van der Waals surface area contributed by atoms with Crippen LogP contribution in [0.5, 0.6) is 0 Å². The average molecular weight is 398 g/mol. The first kappa shape index (κ1) is 24.5. The van der Waals surface area contributed by atoms with E-state index >= 15 is 0 Å². The van der Waals surface area contributed by atoms with Crippen LogP contribution in [0.3, 0.4) is 0 Å². The van der Waals surface area contributed by atoms with Crippen molar-refractivity contribution in [2.75, 3.05) is 32.7 Å². The Hall–Kier alpha value is -1.50. The highest BCUT2D eigenvalue weighted by Crippen LogP contribution is 2.11. The Morgan fingerprint density at radius 3 is 2.36 bits per heavy atom. The lowest BCUT2D eigenvalue weighted by molar-refractivity contribution is 0.0493. The third-order valence-corrected chi connectivity index (χ3v) is 4.77. The van der Waals surface area contributed by atoms with Crippen molar-refractivity contribution in [1.82, 2.24) is 20.9 Å². The van der Waals surface area contributed by atoms with Crippen LogP contribution in [0.2, 0.25) is 0 Å². The van der Waals surface area contributed by atoms with Crippen molar-refractivity contribution >= 4 is 12.1 Å². The first-order chi connectivity index (χ1) is 13.1. The number of nitrogens with zero attached hydrogens (tertiary/aromatic N) is 2. The molecule has 0 bridgehead atoms. The second-order valence-corrected chi connectivity index (χ2v) is 8.98. The number of amides is 1. The molecule has 1 heterocycles. The molecule has 1 aliphatic heterocycles. The molecule has 28 heavy (non-hydrogen) atoms. The number of piperidine rings is 1. The molecule has 0 spiro atoms. The van der Waals surface area contributed by atoms with E-state index in [0.717, 1.165) is 38.4 Å². The lowest BCUT2D eigenvalue weighted by Gasteiger charge is -2.33. The molecule has 1 amide bonds. The number of aliphatic imine (C=N–C) groups is 1. The summed E-state index contributed by atoms with van der Waals surface area (Å²) in [5.41, 5.74) is -0.502. The Bertz CT molecular complexity index is 480. The first-order valence-electron chi connectivity index (χ1n) is 10.9. The van der Waals surface area contributed by atoms with Gasteiger partial charge in [0.2, 0.25) is 0 Å². The Labute approximate surface area is 172 Å². The minimum atomic E-state index is -0.502. The maximum Gasteiger partial charge on any atom is 0.407 e. The van der Waals surface area contributed by atoms with Crippen LogP contribution in [0.25, 0.3) is 0 Å². The van der Waals surface area contributed by atoms with Gasteiger partial charge in [-0.2, -0.15) is 0 Å². The van der Waals surface area contributed by atoms with E-state index in [1.165, 1.54) is 13.0 Å². The topological polar surface area (TPSA) is 78.0 Å². The quantitative estimate of drug-likeness (QED) is 0.434. The van der Waals surface area contributed by atoms with Gasteiger partial charge in [0, 0.05) is 25.7 Å². The molecule has 0 aliphatic carbocycles. The van der Waals surface area contributed by atoms with Gasteiger partial charge < -0.3 is 25.6 Å². The number of likely N-dealkylation sites (tertiary alicyclic amines) is 1. The van der Waals surface area contributed by atoms with Gasteiger partial charge in [-0.05, 0) is 59.4 Å². The van der Waals surface area contributed by atoms with Gasteiger partial charge in [-0.15, -0.1) is 0 Å². The molecule has 1 saturated heterocycles. The van der Waals surface area contributed by atoms with Crippen molar-refractivity contribution in [2.24, 2.45) is 10.9 Å². The van der Waals surface area contributed by atoms with E-state index in [1.807, 2.05) is 20.8 Å². The normalized spacial score (nSPS) is 18.1. The number of carbonyl (C=O) groups excluding carboxylic acids is 1. The molecule has 7 heteroatoms. The van der Waals surface area contributed by atoms with Gasteiger partial charge in [0.1, 0.15) is 5.60 Å². The fourth-order valence-corrected chi connectivity index (χ4v) is 3.20. The van der Waals surface area contributed by atoms with Gasteiger partial charge in [0.25, 0.3) is 0 Å². The molecule has 0 radical (unpaired) electrons. The lowest BCUT2D eigenvalue weighted by Crippen LogP contribution is -2.49. The van der Waals surface area contributed by atoms with E-state index < -0.39 is 5.60 Å². The van der Waals surface area contributed by atoms with E-state index in [9.17, 15) is 4.79 Å². The number of guanidine groups is 1. The van der Waals surface area contributed by atoms with Crippen LogP contribution in [0, 0.1) is 5.92 Å². The second kappa shape index (κ2) is 12.1. The maximum absolute atomic E-state index is 12.1. The number of hydrogen-bond donors (Lipinski definition) is 3. The van der Waals surface area contributed by atoms with Crippen LogP contribution in [0.15, 0.2) is 4.99 Å². The fraction of sp³-hybridized carbons (Fsp3) is 0.905. The summed E-state index contributed by atoms with van der Waals surface area (Å²) in [6.07, 6.45) is 3.09. The molecule has 0 aromatic heterocycles. The van der Waals surface area contributed by atoms with Gasteiger partial charge in [-0.25, -0.2) is 4.79 Å². The van der Waals surface area contributed by atoms with E-state index in [0.29, 0.717) is 12.6 Å². The van der Waals surface area contributed by atoms with Gasteiger partial charge >= 0.3 is 6.09 Å². The molecule has 0 aromatic rings. The molecule has 7 nitrogen and oxygen atoms in total. The Morgan fingerprint density at radius 1 is 1.21 bits per heavy atom. The number of nitrogens with one attached hydrogen (secondary N) is 3. The standard InChI is InChI=1S/C21H43N5O2/c1-8-12-26-13-10-17(11-14-26)24-19(22-9-2)23-15-18(16(3)4)25-20(27)28-21(5,6)7/h16-18H,8-15H2,1-7H3,(H,25,27)(H2,22,23,24). The lowest BCUT2D eigenvalue weighted by atomic mass is 10.0. The van der Waals surface area contributed by atoms with Crippen LogP contribution in [0.4, 0.5) is 4.79 Å². The predicted octanol–water partition coefficient (Wildman–Crippen LogP) is 2.97. The summed E-state index contributed by atoms with van der Waals surface area (Å²) >= 11 is 0. The monoisotopic (exact) mass is 397 g/mol. The van der Waals surface area contributed by atoms with Crippen LogP contribution >= 0.6 is 0 Å². The van der Waals surface area contributed by atoms with Crippen molar-refractivity contribution in [1.29, 1.82) is 0 Å². The summed E-state index contributed by atoms with van der Waals surface area (Å²) in [6.45, 7) is 18.9. The SMILES string of the molecule is CCCN1CCC(NC(=NCC(NC(=O)OC(C)(C)C)C(C)C)NCC)CC1. The Balaban J connectivity index is 2.61. The summed E-state index contributed by atoms with van der Waals surface area (Å²) in [5.74, 6) is 1.09. The Kier molecular flexibility index (Phi) is 10.6. The minimum absolute atomic E-state index is 0.0725. The van der Waals surface area contributed by atoms with Crippen molar-refractivity contribution in [3.05, 3.63) is 0 Å². The van der Waals surface area contributed by atoms with Gasteiger partial charge in [0.15, 0.2) is 5.96 Å². The van der Waals surface area contributed by atoms with Gasteiger partial charge in [0.05, 0.1) is 12.6 Å². The van der Waals surface area contributed by atoms with Crippen molar-refractivity contribution in [3.63, 3.8) is 0 Å². The largest absolute Gasteiger partial charge is 0.444 e. The van der Waals surface area contributed by atoms with Crippen molar-refractivity contribution in [2.45, 2.75) is 85.4 Å². The molecule has 1 atom stereocenters. The first-order valence-corrected chi connectivity index (χ1v) is 10.9. The number of hydrogen-bond acceptors (Lipinski definition) is 4. The third kappa shape index (κ3) is 10.2. The van der Waals surface area contributed by atoms with Gasteiger partial charge in [-0.3, -0.25) is 4.99 Å². The summed E-state index contributed by atoms with van der Waals surface area (Å²) < 4.78 is 5.39. The molecule has 0 aromatic carbocycles. The number of carbonyl (C=O) groups is 1. The smallest absolute Gasteiger partial charge is 0.407 e. The molecule has 164 valence electrons. The molecule has 0 saturated carbocycles. The third-order valence-electron chi connectivity index (χ3n) is 4.77. The summed E-state index contributed by atoms with van der Waals surface area (Å²) in [7, 11) is 0. The van der Waals surface area contributed by atoms with Crippen molar-refractivity contribution < 1.29 is 9.53 Å². The highest BCUT2D eigenvalue weighted by molar-refractivity contribution is 5.80. The van der Waals surface area contributed by atoms with Gasteiger partial charge in [-0.1, -0.05) is 20.8 Å². The molecular formula is C21H43N5O2. The number of ether oxygens (including phenoxy) is 1. The molecule has 3 N–H and O–H groups in total. The van der Waals surface area contributed by atoms with Crippen LogP contribution in [0.1, 0.15) is 67.7 Å². The highest BCUT2D eigenvalue weighted by Gasteiger charge is 2.22. The summed E-state index contributed by atoms with van der Waals surface area (Å²) in [6, 6.07) is 0.374. The van der Waals surface area contributed by atoms with E-state index in [1.54, 1.807) is 0 Å². The summed E-state index contributed by atoms with van der Waals surface area (Å²) in [4.78, 5) is 19.4. The average Bonchev–Trinajstić information content (AvgIpc) is 2.58. The van der Waals surface area contributed by atoms with E-state index in [4.69, 9.17) is 9.73 Å². The fourth-order valence-electron chi connectivity index (χ4n) is 3.20. The number of rotatable bonds is 8. The zero-order valence-electron chi connectivity index (χ0n) is 19.1. The molecular weight excluding hydrogens is 354 g/mol. The second-order valence-electron chi connectivity index (χ2n) is 8.98. The zero-order chi connectivity index (χ0) is 21.2. The maximum atomic E-state index is 12.1. The predicted molar refractivity (Wildman–Crippen MR) is 117 cm³/mol. The van der Waals surface area contributed by atoms with Crippen LogP contribution in [-0.4, -0.2) is 67.4 Å². The van der Waals surface area contributed by atoms with E-state index in [-0.39, 0.29) is 18.1 Å². The minimum Gasteiger partial charge on any atom is -0.444 e. The Morgan fingerprint density at radius 2 is 1.86 bits per heavy atom.